The molecule has 2 rings (SSSR count). The van der Waals surface area contributed by atoms with Gasteiger partial charge >= 0.3 is 0 Å². The van der Waals surface area contributed by atoms with E-state index in [1.165, 1.54) is 6.07 Å². The molecule has 1 aromatic carbocycles. The van der Waals surface area contributed by atoms with Gasteiger partial charge in [-0.2, -0.15) is 0 Å². The van der Waals surface area contributed by atoms with Crippen molar-refractivity contribution in [1.82, 2.24) is 5.32 Å². The molecule has 100 valence electrons. The van der Waals surface area contributed by atoms with E-state index in [0.717, 1.165) is 12.1 Å². The van der Waals surface area contributed by atoms with Crippen molar-refractivity contribution in [3.63, 3.8) is 0 Å². The smallest absolute Gasteiger partial charge is 0.162 e. The van der Waals surface area contributed by atoms with E-state index in [1.807, 2.05) is 0 Å². The number of halogens is 2. The number of sulfone groups is 1. The van der Waals surface area contributed by atoms with Crippen molar-refractivity contribution in [1.29, 1.82) is 0 Å². The van der Waals surface area contributed by atoms with Crippen LogP contribution in [-0.2, 0) is 9.84 Å². The summed E-state index contributed by atoms with van der Waals surface area (Å²) in [5.41, 5.74) is 0. The van der Waals surface area contributed by atoms with Crippen LogP contribution < -0.4 is 10.1 Å². The molecule has 7 heteroatoms. The molecule has 1 aliphatic rings. The molecule has 1 aromatic rings. The van der Waals surface area contributed by atoms with Gasteiger partial charge in [0.1, 0.15) is 12.4 Å². The predicted molar refractivity (Wildman–Crippen MR) is 62.3 cm³/mol. The molecule has 0 amide bonds. The van der Waals surface area contributed by atoms with Crippen molar-refractivity contribution in [2.45, 2.75) is 6.04 Å². The number of hydrogen-bond acceptors (Lipinski definition) is 4. The fraction of sp³-hybridized carbons (Fsp3) is 0.455. The van der Waals surface area contributed by atoms with Crippen molar-refractivity contribution in [3.8, 4) is 5.75 Å². The van der Waals surface area contributed by atoms with Gasteiger partial charge in [0.2, 0.25) is 0 Å². The van der Waals surface area contributed by atoms with Crippen LogP contribution in [-0.4, -0.2) is 39.1 Å². The molecule has 1 atom stereocenters. The quantitative estimate of drug-likeness (QED) is 0.885. The SMILES string of the molecule is O=S1(=O)CCNC(COc2ccc(F)c(F)c2)C1. The first-order valence-corrected chi connectivity index (χ1v) is 7.30. The summed E-state index contributed by atoms with van der Waals surface area (Å²) >= 11 is 0. The highest BCUT2D eigenvalue weighted by Crippen LogP contribution is 2.16. The molecular formula is C11H13F2NO3S. The molecule has 18 heavy (non-hydrogen) atoms. The summed E-state index contributed by atoms with van der Waals surface area (Å²) in [4.78, 5) is 0. The molecule has 1 saturated heterocycles. The summed E-state index contributed by atoms with van der Waals surface area (Å²) in [5.74, 6) is -1.64. The Hall–Kier alpha value is -1.21. The zero-order chi connectivity index (χ0) is 13.2. The Labute approximate surface area is 104 Å². The normalized spacial score (nSPS) is 22.7. The minimum Gasteiger partial charge on any atom is -0.492 e. The van der Waals surface area contributed by atoms with Gasteiger partial charge in [-0.15, -0.1) is 0 Å². The average molecular weight is 277 g/mol. The molecule has 0 spiro atoms. The molecule has 0 saturated carbocycles. The summed E-state index contributed by atoms with van der Waals surface area (Å²) in [6.07, 6.45) is 0. The summed E-state index contributed by atoms with van der Waals surface area (Å²) in [6.45, 7) is 0.485. The van der Waals surface area contributed by atoms with Crippen LogP contribution in [0.15, 0.2) is 18.2 Å². The molecule has 1 unspecified atom stereocenters. The highest BCUT2D eigenvalue weighted by Gasteiger charge is 2.24. The van der Waals surface area contributed by atoms with Crippen LogP contribution in [0, 0.1) is 11.6 Å². The maximum atomic E-state index is 12.9. The topological polar surface area (TPSA) is 55.4 Å². The van der Waals surface area contributed by atoms with Gasteiger partial charge in [0, 0.05) is 12.6 Å². The average Bonchev–Trinajstić information content (AvgIpc) is 2.29. The van der Waals surface area contributed by atoms with Gasteiger partial charge < -0.3 is 10.1 Å². The van der Waals surface area contributed by atoms with Gasteiger partial charge in [-0.05, 0) is 12.1 Å². The van der Waals surface area contributed by atoms with E-state index >= 15 is 0 Å². The summed E-state index contributed by atoms with van der Waals surface area (Å²) < 4.78 is 53.5. The Balaban J connectivity index is 1.93. The molecule has 0 aromatic heterocycles. The number of ether oxygens (including phenoxy) is 1. The second-order valence-electron chi connectivity index (χ2n) is 4.15. The number of benzene rings is 1. The Morgan fingerprint density at radius 3 is 2.78 bits per heavy atom. The standard InChI is InChI=1S/C11H13F2NO3S/c12-10-2-1-9(5-11(10)13)17-6-8-7-18(15,16)4-3-14-8/h1-2,5,8,14H,3-4,6-7H2. The molecule has 1 aliphatic heterocycles. The highest BCUT2D eigenvalue weighted by molar-refractivity contribution is 7.91. The Morgan fingerprint density at radius 1 is 1.33 bits per heavy atom. The van der Waals surface area contributed by atoms with Gasteiger partial charge in [-0.25, -0.2) is 17.2 Å². The van der Waals surface area contributed by atoms with Crippen molar-refractivity contribution in [3.05, 3.63) is 29.8 Å². The first-order chi connectivity index (χ1) is 8.46. The van der Waals surface area contributed by atoms with Gasteiger partial charge in [0.15, 0.2) is 21.5 Å². The van der Waals surface area contributed by atoms with Crippen LogP contribution >= 0.6 is 0 Å². The number of rotatable bonds is 3. The summed E-state index contributed by atoms with van der Waals surface area (Å²) in [5, 5.41) is 3.00. The van der Waals surface area contributed by atoms with Gasteiger partial charge in [-0.1, -0.05) is 0 Å². The molecule has 1 heterocycles. The van der Waals surface area contributed by atoms with Crippen molar-refractivity contribution in [2.24, 2.45) is 0 Å². The highest BCUT2D eigenvalue weighted by atomic mass is 32.2. The van der Waals surface area contributed by atoms with E-state index in [0.29, 0.717) is 6.54 Å². The maximum Gasteiger partial charge on any atom is 0.162 e. The van der Waals surface area contributed by atoms with E-state index in [-0.39, 0.29) is 29.9 Å². The first kappa shape index (κ1) is 13.2. The lowest BCUT2D eigenvalue weighted by molar-refractivity contribution is 0.271. The van der Waals surface area contributed by atoms with Crippen LogP contribution in [0.5, 0.6) is 5.75 Å². The second-order valence-corrected chi connectivity index (χ2v) is 6.38. The third-order valence-corrected chi connectivity index (χ3v) is 4.38. The third kappa shape index (κ3) is 3.39. The van der Waals surface area contributed by atoms with Crippen molar-refractivity contribution in [2.75, 3.05) is 24.7 Å². The summed E-state index contributed by atoms with van der Waals surface area (Å²) in [6, 6.07) is 2.88. The van der Waals surface area contributed by atoms with Crippen molar-refractivity contribution < 1.29 is 21.9 Å². The van der Waals surface area contributed by atoms with Crippen LogP contribution in [0.4, 0.5) is 8.78 Å². The predicted octanol–water partition coefficient (Wildman–Crippen LogP) is 0.730. The Bertz CT molecular complexity index is 533. The lowest BCUT2D eigenvalue weighted by Crippen LogP contribution is -2.48. The van der Waals surface area contributed by atoms with E-state index in [4.69, 9.17) is 4.74 Å². The number of hydrogen-bond donors (Lipinski definition) is 1. The third-order valence-electron chi connectivity index (χ3n) is 2.64. The minimum atomic E-state index is -3.03. The van der Waals surface area contributed by atoms with Gasteiger partial charge in [0.25, 0.3) is 0 Å². The zero-order valence-corrected chi connectivity index (χ0v) is 10.3. The minimum absolute atomic E-state index is 0.00330. The van der Waals surface area contributed by atoms with E-state index < -0.39 is 21.5 Å². The lowest BCUT2D eigenvalue weighted by atomic mass is 10.3. The molecule has 4 nitrogen and oxygen atoms in total. The fourth-order valence-corrected chi connectivity index (χ4v) is 3.16. The summed E-state index contributed by atoms with van der Waals surface area (Å²) in [7, 11) is -3.03. The lowest BCUT2D eigenvalue weighted by Gasteiger charge is -2.23. The Morgan fingerprint density at radius 2 is 2.11 bits per heavy atom. The van der Waals surface area contributed by atoms with E-state index in [9.17, 15) is 17.2 Å². The molecule has 0 radical (unpaired) electrons. The second kappa shape index (κ2) is 5.19. The zero-order valence-electron chi connectivity index (χ0n) is 9.53. The monoisotopic (exact) mass is 277 g/mol. The molecule has 0 bridgehead atoms. The van der Waals surface area contributed by atoms with E-state index in [2.05, 4.69) is 5.32 Å². The van der Waals surface area contributed by atoms with Crippen molar-refractivity contribution >= 4 is 9.84 Å². The van der Waals surface area contributed by atoms with Gasteiger partial charge in [-0.3, -0.25) is 0 Å². The van der Waals surface area contributed by atoms with Crippen LogP contribution in [0.25, 0.3) is 0 Å². The maximum absolute atomic E-state index is 12.9. The molecule has 1 fully saturated rings. The Kier molecular flexibility index (Phi) is 3.82. The van der Waals surface area contributed by atoms with Crippen LogP contribution in [0.2, 0.25) is 0 Å². The van der Waals surface area contributed by atoms with Crippen LogP contribution in [0.1, 0.15) is 0 Å². The first-order valence-electron chi connectivity index (χ1n) is 5.48. The molecule has 1 N–H and O–H groups in total. The van der Waals surface area contributed by atoms with Crippen LogP contribution in [0.3, 0.4) is 0 Å². The number of nitrogens with one attached hydrogen (secondary N) is 1. The largest absolute Gasteiger partial charge is 0.492 e. The van der Waals surface area contributed by atoms with E-state index in [1.54, 1.807) is 0 Å². The van der Waals surface area contributed by atoms with Gasteiger partial charge in [0.05, 0.1) is 17.5 Å². The molecule has 0 aliphatic carbocycles. The fourth-order valence-electron chi connectivity index (χ4n) is 1.74. The molecular weight excluding hydrogens is 264 g/mol.